The monoisotopic (exact) mass is 339 g/mol. The molecule has 2 aromatic carbocycles. The molecule has 2 aromatic rings. The minimum absolute atomic E-state index is 0.168. The molecule has 0 radical (unpaired) electrons. The number of para-hydroxylation sites is 1. The van der Waals surface area contributed by atoms with Crippen LogP contribution in [0.4, 0.5) is 11.4 Å². The number of phenols is 1. The molecule has 1 saturated heterocycles. The van der Waals surface area contributed by atoms with E-state index in [-0.39, 0.29) is 17.7 Å². The minimum Gasteiger partial charge on any atom is -0.508 e. The van der Waals surface area contributed by atoms with Crippen molar-refractivity contribution in [1.82, 2.24) is 0 Å². The molecule has 1 fully saturated rings. The number of hydrogen-bond donors (Lipinski definition) is 2. The van der Waals surface area contributed by atoms with Gasteiger partial charge in [0.1, 0.15) is 5.75 Å². The number of aryl methyl sites for hydroxylation is 1. The lowest BCUT2D eigenvalue weighted by molar-refractivity contribution is -0.118. The SMILES string of the molecule is Cc1ccc(O)cc1N1CCN(c2ccccc2)CC1CCC(N)=O. The quantitative estimate of drug-likeness (QED) is 0.879. The number of nitrogens with zero attached hydrogens (tertiary/aromatic N) is 2. The third-order valence-electron chi connectivity index (χ3n) is 4.83. The molecule has 0 bridgehead atoms. The Hall–Kier alpha value is -2.69. The summed E-state index contributed by atoms with van der Waals surface area (Å²) >= 11 is 0. The molecule has 1 amide bonds. The van der Waals surface area contributed by atoms with Crippen LogP contribution in [0.25, 0.3) is 0 Å². The topological polar surface area (TPSA) is 69.8 Å². The van der Waals surface area contributed by atoms with Gasteiger partial charge in [-0.25, -0.2) is 0 Å². The molecule has 1 heterocycles. The van der Waals surface area contributed by atoms with Gasteiger partial charge in [-0.3, -0.25) is 4.79 Å². The second-order valence-corrected chi connectivity index (χ2v) is 6.60. The van der Waals surface area contributed by atoms with Crippen molar-refractivity contribution in [1.29, 1.82) is 0 Å². The standard InChI is InChI=1S/C20H25N3O2/c1-15-7-9-18(24)13-19(15)23-12-11-22(16-5-3-2-4-6-16)14-17(23)8-10-20(21)25/h2-7,9,13,17,24H,8,10-12,14H2,1H3,(H2,21,25). The minimum atomic E-state index is -0.274. The Morgan fingerprint density at radius 2 is 1.96 bits per heavy atom. The molecule has 1 aliphatic heterocycles. The lowest BCUT2D eigenvalue weighted by Crippen LogP contribution is -2.54. The molecule has 0 spiro atoms. The molecular weight excluding hydrogens is 314 g/mol. The van der Waals surface area contributed by atoms with Crippen molar-refractivity contribution in [2.45, 2.75) is 25.8 Å². The van der Waals surface area contributed by atoms with E-state index in [9.17, 15) is 9.90 Å². The lowest BCUT2D eigenvalue weighted by atomic mass is 10.0. The number of phenolic OH excluding ortho intramolecular Hbond substituents is 1. The van der Waals surface area contributed by atoms with E-state index in [1.54, 1.807) is 6.07 Å². The molecule has 132 valence electrons. The number of aromatic hydroxyl groups is 1. The number of amides is 1. The Morgan fingerprint density at radius 1 is 1.20 bits per heavy atom. The summed E-state index contributed by atoms with van der Waals surface area (Å²) in [6.45, 7) is 4.60. The van der Waals surface area contributed by atoms with Gasteiger partial charge in [-0.15, -0.1) is 0 Å². The third kappa shape index (κ3) is 4.05. The molecule has 3 N–H and O–H groups in total. The van der Waals surface area contributed by atoms with Crippen LogP contribution in [0.3, 0.4) is 0 Å². The van der Waals surface area contributed by atoms with Crippen molar-refractivity contribution in [3.05, 3.63) is 54.1 Å². The number of nitrogens with two attached hydrogens (primary N) is 1. The largest absolute Gasteiger partial charge is 0.508 e. The van der Waals surface area contributed by atoms with Crippen LogP contribution >= 0.6 is 0 Å². The predicted octanol–water partition coefficient (Wildman–Crippen LogP) is 2.66. The molecule has 25 heavy (non-hydrogen) atoms. The van der Waals surface area contributed by atoms with Gasteiger partial charge in [-0.1, -0.05) is 24.3 Å². The number of carbonyl (C=O) groups excluding carboxylic acids is 1. The van der Waals surface area contributed by atoms with Gasteiger partial charge < -0.3 is 20.6 Å². The van der Waals surface area contributed by atoms with Gasteiger partial charge in [0.25, 0.3) is 0 Å². The first kappa shape index (κ1) is 17.1. The smallest absolute Gasteiger partial charge is 0.217 e. The summed E-state index contributed by atoms with van der Waals surface area (Å²) in [6, 6.07) is 15.9. The van der Waals surface area contributed by atoms with Crippen molar-refractivity contribution < 1.29 is 9.90 Å². The fourth-order valence-electron chi connectivity index (χ4n) is 3.51. The van der Waals surface area contributed by atoms with E-state index < -0.39 is 0 Å². The predicted molar refractivity (Wildman–Crippen MR) is 101 cm³/mol. The van der Waals surface area contributed by atoms with E-state index in [1.807, 2.05) is 37.3 Å². The Bertz CT molecular complexity index is 733. The second kappa shape index (κ2) is 7.47. The second-order valence-electron chi connectivity index (χ2n) is 6.60. The van der Waals surface area contributed by atoms with E-state index in [0.29, 0.717) is 12.8 Å². The Balaban J connectivity index is 1.85. The van der Waals surface area contributed by atoms with E-state index in [1.165, 1.54) is 5.69 Å². The molecule has 1 unspecified atom stereocenters. The van der Waals surface area contributed by atoms with Crippen LogP contribution < -0.4 is 15.5 Å². The molecular formula is C20H25N3O2. The van der Waals surface area contributed by atoms with Crippen molar-refractivity contribution in [3.8, 4) is 5.75 Å². The number of primary amides is 1. The van der Waals surface area contributed by atoms with Crippen molar-refractivity contribution in [2.75, 3.05) is 29.4 Å². The normalized spacial score (nSPS) is 17.6. The maximum atomic E-state index is 11.3. The zero-order valence-corrected chi connectivity index (χ0v) is 14.6. The maximum absolute atomic E-state index is 11.3. The highest BCUT2D eigenvalue weighted by molar-refractivity contribution is 5.74. The fourth-order valence-corrected chi connectivity index (χ4v) is 3.51. The fraction of sp³-hybridized carbons (Fsp3) is 0.350. The van der Waals surface area contributed by atoms with Gasteiger partial charge >= 0.3 is 0 Å². The highest BCUT2D eigenvalue weighted by atomic mass is 16.3. The molecule has 5 heteroatoms. The molecule has 1 atom stereocenters. The number of carbonyl (C=O) groups is 1. The van der Waals surface area contributed by atoms with Gasteiger partial charge in [0.05, 0.1) is 0 Å². The third-order valence-corrected chi connectivity index (χ3v) is 4.83. The van der Waals surface area contributed by atoms with Gasteiger partial charge in [0, 0.05) is 49.5 Å². The number of rotatable bonds is 5. The van der Waals surface area contributed by atoms with E-state index >= 15 is 0 Å². The first-order valence-electron chi connectivity index (χ1n) is 8.69. The van der Waals surface area contributed by atoms with Crippen LogP contribution in [0, 0.1) is 6.92 Å². The summed E-state index contributed by atoms with van der Waals surface area (Å²) in [7, 11) is 0. The van der Waals surface area contributed by atoms with Gasteiger partial charge in [0.2, 0.25) is 5.91 Å². The Morgan fingerprint density at radius 3 is 2.68 bits per heavy atom. The van der Waals surface area contributed by atoms with Crippen LogP contribution in [0.1, 0.15) is 18.4 Å². The molecule has 1 aliphatic rings. The molecule has 0 saturated carbocycles. The first-order chi connectivity index (χ1) is 12.0. The summed E-state index contributed by atoms with van der Waals surface area (Å²) in [4.78, 5) is 16.0. The molecule has 5 nitrogen and oxygen atoms in total. The Labute approximate surface area is 148 Å². The summed E-state index contributed by atoms with van der Waals surface area (Å²) in [6.07, 6.45) is 1.06. The average Bonchev–Trinajstić information content (AvgIpc) is 2.62. The van der Waals surface area contributed by atoms with Crippen LogP contribution in [-0.4, -0.2) is 36.7 Å². The zero-order chi connectivity index (χ0) is 17.8. The van der Waals surface area contributed by atoms with E-state index in [2.05, 4.69) is 21.9 Å². The van der Waals surface area contributed by atoms with Crippen LogP contribution in [-0.2, 0) is 4.79 Å². The highest BCUT2D eigenvalue weighted by Crippen LogP contribution is 2.30. The number of anilines is 2. The maximum Gasteiger partial charge on any atom is 0.217 e. The van der Waals surface area contributed by atoms with Crippen molar-refractivity contribution in [3.63, 3.8) is 0 Å². The van der Waals surface area contributed by atoms with Crippen LogP contribution in [0.2, 0.25) is 0 Å². The van der Waals surface area contributed by atoms with Crippen molar-refractivity contribution in [2.24, 2.45) is 5.73 Å². The summed E-state index contributed by atoms with van der Waals surface area (Å²) in [5.41, 5.74) is 8.73. The molecule has 0 aromatic heterocycles. The molecule has 3 rings (SSSR count). The van der Waals surface area contributed by atoms with Gasteiger partial charge in [-0.05, 0) is 37.1 Å². The number of hydrogen-bond acceptors (Lipinski definition) is 4. The summed E-state index contributed by atoms with van der Waals surface area (Å²) < 4.78 is 0. The molecule has 0 aliphatic carbocycles. The van der Waals surface area contributed by atoms with Crippen LogP contribution in [0.15, 0.2) is 48.5 Å². The van der Waals surface area contributed by atoms with E-state index in [0.717, 1.165) is 30.9 Å². The number of benzene rings is 2. The lowest BCUT2D eigenvalue weighted by Gasteiger charge is -2.44. The van der Waals surface area contributed by atoms with Gasteiger partial charge in [0.15, 0.2) is 0 Å². The van der Waals surface area contributed by atoms with Crippen molar-refractivity contribution >= 4 is 17.3 Å². The summed E-state index contributed by atoms with van der Waals surface area (Å²) in [5, 5.41) is 9.89. The zero-order valence-electron chi connectivity index (χ0n) is 14.6. The van der Waals surface area contributed by atoms with Crippen LogP contribution in [0.5, 0.6) is 5.75 Å². The Kier molecular flexibility index (Phi) is 5.12. The van der Waals surface area contributed by atoms with Gasteiger partial charge in [-0.2, -0.15) is 0 Å². The average molecular weight is 339 g/mol. The highest BCUT2D eigenvalue weighted by Gasteiger charge is 2.28. The number of piperazine rings is 1. The first-order valence-corrected chi connectivity index (χ1v) is 8.69. The van der Waals surface area contributed by atoms with E-state index in [4.69, 9.17) is 5.73 Å². The summed E-state index contributed by atoms with van der Waals surface area (Å²) in [5.74, 6) is -0.0100.